The van der Waals surface area contributed by atoms with Crippen molar-refractivity contribution in [3.05, 3.63) is 42.7 Å². The van der Waals surface area contributed by atoms with E-state index in [1.54, 1.807) is 28.8 Å². The molecule has 0 spiro atoms. The number of benzene rings is 1. The van der Waals surface area contributed by atoms with Crippen molar-refractivity contribution in [1.29, 1.82) is 0 Å². The standard InChI is InChI=1S/C21H27FN4OS/c1-3-13-26-20(17-11-7-8-12-18(17)22)23-24-21(26)28-15-19(27)25(2)14-16-9-5-4-6-10-16/h3,7-8,11-12,16H,1,4-6,9-10,13-15H2,2H3. The molecule has 0 atom stereocenters. The topological polar surface area (TPSA) is 51.0 Å². The van der Waals surface area contributed by atoms with Gasteiger partial charge in [0.1, 0.15) is 5.82 Å². The minimum absolute atomic E-state index is 0.0798. The van der Waals surface area contributed by atoms with Gasteiger partial charge in [-0.15, -0.1) is 16.8 Å². The summed E-state index contributed by atoms with van der Waals surface area (Å²) < 4.78 is 16.0. The van der Waals surface area contributed by atoms with Crippen LogP contribution in [0, 0.1) is 11.7 Å². The van der Waals surface area contributed by atoms with E-state index >= 15 is 0 Å². The number of amides is 1. The number of nitrogens with zero attached hydrogens (tertiary/aromatic N) is 4. The molecule has 0 radical (unpaired) electrons. The summed E-state index contributed by atoms with van der Waals surface area (Å²) in [7, 11) is 1.87. The van der Waals surface area contributed by atoms with Crippen LogP contribution < -0.4 is 0 Å². The molecular weight excluding hydrogens is 375 g/mol. The van der Waals surface area contributed by atoms with Gasteiger partial charge in [0.15, 0.2) is 11.0 Å². The Morgan fingerprint density at radius 2 is 2.07 bits per heavy atom. The Balaban J connectivity index is 1.66. The van der Waals surface area contributed by atoms with Gasteiger partial charge in [0.25, 0.3) is 0 Å². The summed E-state index contributed by atoms with van der Waals surface area (Å²) in [6.45, 7) is 5.04. The molecule has 2 aromatic rings. The largest absolute Gasteiger partial charge is 0.345 e. The lowest BCUT2D eigenvalue weighted by Crippen LogP contribution is -2.33. The van der Waals surface area contributed by atoms with Crippen LogP contribution in [0.25, 0.3) is 11.4 Å². The third-order valence-electron chi connectivity index (χ3n) is 5.15. The average molecular weight is 403 g/mol. The average Bonchev–Trinajstić information content (AvgIpc) is 3.10. The Labute approximate surface area is 170 Å². The molecule has 0 saturated heterocycles. The Bertz CT molecular complexity index is 816. The van der Waals surface area contributed by atoms with Crippen molar-refractivity contribution >= 4 is 17.7 Å². The molecule has 5 nitrogen and oxygen atoms in total. The molecule has 1 saturated carbocycles. The van der Waals surface area contributed by atoms with E-state index in [1.807, 2.05) is 11.9 Å². The first-order chi connectivity index (χ1) is 13.6. The first kappa shape index (κ1) is 20.6. The molecule has 1 aliphatic carbocycles. The molecule has 0 bridgehead atoms. The highest BCUT2D eigenvalue weighted by atomic mass is 32.2. The fourth-order valence-corrected chi connectivity index (χ4v) is 4.51. The zero-order chi connectivity index (χ0) is 19.9. The van der Waals surface area contributed by atoms with Gasteiger partial charge in [-0.2, -0.15) is 0 Å². The summed E-state index contributed by atoms with van der Waals surface area (Å²) in [6.07, 6.45) is 7.99. The van der Waals surface area contributed by atoms with Gasteiger partial charge < -0.3 is 4.90 Å². The van der Waals surface area contributed by atoms with E-state index in [0.29, 0.717) is 29.0 Å². The highest BCUT2D eigenvalue weighted by Gasteiger charge is 2.20. The third-order valence-corrected chi connectivity index (χ3v) is 6.10. The molecule has 1 heterocycles. The summed E-state index contributed by atoms with van der Waals surface area (Å²) in [5.41, 5.74) is 0.393. The Hall–Kier alpha value is -2.15. The number of hydrogen-bond donors (Lipinski definition) is 0. The number of allylic oxidation sites excluding steroid dienone is 1. The van der Waals surface area contributed by atoms with Crippen LogP contribution in [0.15, 0.2) is 42.1 Å². The van der Waals surface area contributed by atoms with Crippen molar-refractivity contribution in [3.8, 4) is 11.4 Å². The van der Waals surface area contributed by atoms with Crippen molar-refractivity contribution in [2.45, 2.75) is 43.8 Å². The smallest absolute Gasteiger partial charge is 0.232 e. The van der Waals surface area contributed by atoms with E-state index in [0.717, 1.165) is 6.54 Å². The van der Waals surface area contributed by atoms with Crippen LogP contribution in [0.3, 0.4) is 0 Å². The zero-order valence-electron chi connectivity index (χ0n) is 16.3. The van der Waals surface area contributed by atoms with Crippen LogP contribution in [0.4, 0.5) is 4.39 Å². The maximum Gasteiger partial charge on any atom is 0.232 e. The third kappa shape index (κ3) is 5.01. The Kier molecular flexibility index (Phi) is 7.25. The number of carbonyl (C=O) groups excluding carboxylic acids is 1. The zero-order valence-corrected chi connectivity index (χ0v) is 17.1. The first-order valence-corrected chi connectivity index (χ1v) is 10.7. The molecule has 3 rings (SSSR count). The summed E-state index contributed by atoms with van der Waals surface area (Å²) in [5.74, 6) is 1.08. The van der Waals surface area contributed by atoms with Gasteiger partial charge in [-0.3, -0.25) is 9.36 Å². The molecule has 1 amide bonds. The monoisotopic (exact) mass is 402 g/mol. The lowest BCUT2D eigenvalue weighted by molar-refractivity contribution is -0.127. The molecule has 0 unspecified atom stereocenters. The second-order valence-electron chi connectivity index (χ2n) is 7.25. The maximum absolute atomic E-state index is 14.2. The van der Waals surface area contributed by atoms with Crippen LogP contribution in [-0.4, -0.2) is 44.9 Å². The van der Waals surface area contributed by atoms with Crippen molar-refractivity contribution in [2.75, 3.05) is 19.3 Å². The van der Waals surface area contributed by atoms with Crippen LogP contribution in [0.2, 0.25) is 0 Å². The van der Waals surface area contributed by atoms with Crippen LogP contribution in [0.1, 0.15) is 32.1 Å². The molecule has 1 aromatic heterocycles. The molecule has 150 valence electrons. The van der Waals surface area contributed by atoms with E-state index in [2.05, 4.69) is 16.8 Å². The molecule has 1 aliphatic rings. The SMILES string of the molecule is C=CCn1c(SCC(=O)N(C)CC2CCCCC2)nnc1-c1ccccc1F. The summed E-state index contributed by atoms with van der Waals surface area (Å²) in [4.78, 5) is 14.4. The molecular formula is C21H27FN4OS. The van der Waals surface area contributed by atoms with Crippen LogP contribution >= 0.6 is 11.8 Å². The second-order valence-corrected chi connectivity index (χ2v) is 8.19. The highest BCUT2D eigenvalue weighted by molar-refractivity contribution is 7.99. The van der Waals surface area contributed by atoms with Crippen molar-refractivity contribution in [1.82, 2.24) is 19.7 Å². The second kappa shape index (κ2) is 9.87. The van der Waals surface area contributed by atoms with Gasteiger partial charge in [0.2, 0.25) is 5.91 Å². The lowest BCUT2D eigenvalue weighted by Gasteiger charge is -2.27. The molecule has 28 heavy (non-hydrogen) atoms. The van der Waals surface area contributed by atoms with E-state index in [-0.39, 0.29) is 17.5 Å². The number of thioether (sulfide) groups is 1. The molecule has 0 aliphatic heterocycles. The quantitative estimate of drug-likeness (QED) is 0.485. The summed E-state index contributed by atoms with van der Waals surface area (Å²) in [5, 5.41) is 8.95. The summed E-state index contributed by atoms with van der Waals surface area (Å²) >= 11 is 1.33. The van der Waals surface area contributed by atoms with Crippen molar-refractivity contribution in [3.63, 3.8) is 0 Å². The van der Waals surface area contributed by atoms with E-state index in [1.165, 1.54) is 49.9 Å². The molecule has 0 N–H and O–H groups in total. The number of carbonyl (C=O) groups is 1. The van der Waals surface area contributed by atoms with E-state index < -0.39 is 0 Å². The molecule has 7 heteroatoms. The van der Waals surface area contributed by atoms with Gasteiger partial charge in [-0.05, 0) is 30.9 Å². The van der Waals surface area contributed by atoms with Gasteiger partial charge in [-0.1, -0.05) is 49.2 Å². The van der Waals surface area contributed by atoms with Crippen LogP contribution in [0.5, 0.6) is 0 Å². The Morgan fingerprint density at radius 3 is 2.79 bits per heavy atom. The van der Waals surface area contributed by atoms with Crippen molar-refractivity contribution in [2.24, 2.45) is 5.92 Å². The number of hydrogen-bond acceptors (Lipinski definition) is 4. The Morgan fingerprint density at radius 1 is 1.32 bits per heavy atom. The summed E-state index contributed by atoms with van der Waals surface area (Å²) in [6, 6.07) is 6.49. The number of aromatic nitrogens is 3. The predicted molar refractivity (Wildman–Crippen MR) is 111 cm³/mol. The number of halogens is 1. The fourth-order valence-electron chi connectivity index (χ4n) is 3.63. The maximum atomic E-state index is 14.2. The molecule has 1 fully saturated rings. The van der Waals surface area contributed by atoms with Gasteiger partial charge in [0, 0.05) is 20.1 Å². The van der Waals surface area contributed by atoms with E-state index in [4.69, 9.17) is 0 Å². The van der Waals surface area contributed by atoms with Crippen molar-refractivity contribution < 1.29 is 9.18 Å². The van der Waals surface area contributed by atoms with E-state index in [9.17, 15) is 9.18 Å². The predicted octanol–water partition coefficient (Wildman–Crippen LogP) is 4.40. The first-order valence-electron chi connectivity index (χ1n) is 9.76. The van der Waals surface area contributed by atoms with Gasteiger partial charge >= 0.3 is 0 Å². The van der Waals surface area contributed by atoms with Gasteiger partial charge in [-0.25, -0.2) is 4.39 Å². The fraction of sp³-hybridized carbons (Fsp3) is 0.476. The lowest BCUT2D eigenvalue weighted by atomic mass is 9.89. The van der Waals surface area contributed by atoms with Crippen LogP contribution in [-0.2, 0) is 11.3 Å². The molecule has 1 aromatic carbocycles. The number of rotatable bonds is 8. The highest BCUT2D eigenvalue weighted by Crippen LogP contribution is 2.27. The minimum Gasteiger partial charge on any atom is -0.345 e. The van der Waals surface area contributed by atoms with Gasteiger partial charge in [0.05, 0.1) is 11.3 Å². The minimum atomic E-state index is -0.347. The normalized spacial score (nSPS) is 14.8.